The Labute approximate surface area is 101 Å². The second-order valence-corrected chi connectivity index (χ2v) is 4.78. The quantitative estimate of drug-likeness (QED) is 0.765. The van der Waals surface area contributed by atoms with E-state index in [-0.39, 0.29) is 0 Å². The number of hydrogen-bond donors (Lipinski definition) is 0. The number of halogens is 3. The third-order valence-corrected chi connectivity index (χ3v) is 3.45. The molecular formula is C11H8ClF2NS. The molecule has 0 radical (unpaired) electrons. The summed E-state index contributed by atoms with van der Waals surface area (Å²) >= 11 is 7.10. The highest BCUT2D eigenvalue weighted by atomic mass is 35.5. The minimum Gasteiger partial charge on any atom is -0.249 e. The van der Waals surface area contributed by atoms with Crippen molar-refractivity contribution in [1.29, 1.82) is 0 Å². The van der Waals surface area contributed by atoms with Crippen molar-refractivity contribution < 1.29 is 8.78 Å². The molecule has 0 saturated heterocycles. The van der Waals surface area contributed by atoms with Crippen molar-refractivity contribution in [2.45, 2.75) is 12.3 Å². The smallest absolute Gasteiger partial charge is 0.126 e. The van der Waals surface area contributed by atoms with Gasteiger partial charge >= 0.3 is 0 Å². The van der Waals surface area contributed by atoms with Crippen LogP contribution >= 0.6 is 22.9 Å². The van der Waals surface area contributed by atoms with Gasteiger partial charge in [0.15, 0.2) is 0 Å². The van der Waals surface area contributed by atoms with E-state index in [0.717, 1.165) is 16.0 Å². The molecule has 0 fully saturated rings. The van der Waals surface area contributed by atoms with E-state index in [1.165, 1.54) is 23.5 Å². The molecule has 2 rings (SSSR count). The molecule has 0 bridgehead atoms. The van der Waals surface area contributed by atoms with Gasteiger partial charge in [-0.2, -0.15) is 0 Å². The summed E-state index contributed by atoms with van der Waals surface area (Å²) in [6, 6.07) is 3.48. The number of alkyl halides is 1. The highest BCUT2D eigenvalue weighted by molar-refractivity contribution is 7.11. The minimum absolute atomic E-state index is 0.412. The molecule has 0 aliphatic carbocycles. The number of nitrogens with zero attached hydrogens (tertiary/aromatic N) is 1. The van der Waals surface area contributed by atoms with Gasteiger partial charge in [0, 0.05) is 23.6 Å². The number of benzene rings is 1. The van der Waals surface area contributed by atoms with Crippen LogP contribution in [0.3, 0.4) is 0 Å². The molecule has 0 N–H and O–H groups in total. The molecule has 1 aromatic heterocycles. The molecule has 1 nitrogen and oxygen atoms in total. The van der Waals surface area contributed by atoms with Gasteiger partial charge in [-0.25, -0.2) is 13.8 Å². The summed E-state index contributed by atoms with van der Waals surface area (Å²) in [5.41, 5.74) is 0.577. The summed E-state index contributed by atoms with van der Waals surface area (Å²) < 4.78 is 25.8. The van der Waals surface area contributed by atoms with E-state index < -0.39 is 11.6 Å². The lowest BCUT2D eigenvalue weighted by Gasteiger charge is -1.98. The molecular weight excluding hydrogens is 252 g/mol. The van der Waals surface area contributed by atoms with Crippen LogP contribution in [0.5, 0.6) is 0 Å². The average Bonchev–Trinajstić information content (AvgIpc) is 2.64. The summed E-state index contributed by atoms with van der Waals surface area (Å²) in [6.07, 6.45) is 2.11. The Balaban J connectivity index is 2.19. The normalized spacial score (nSPS) is 10.7. The number of aromatic nitrogens is 1. The van der Waals surface area contributed by atoms with Gasteiger partial charge in [0.1, 0.15) is 11.6 Å². The lowest BCUT2D eigenvalue weighted by Crippen LogP contribution is -1.90. The molecule has 84 valence electrons. The van der Waals surface area contributed by atoms with Gasteiger partial charge in [-0.1, -0.05) is 0 Å². The van der Waals surface area contributed by atoms with E-state index in [4.69, 9.17) is 11.6 Å². The van der Waals surface area contributed by atoms with Gasteiger partial charge in [0.2, 0.25) is 0 Å². The lowest BCUT2D eigenvalue weighted by atomic mass is 10.1. The fraction of sp³-hybridized carbons (Fsp3) is 0.182. The van der Waals surface area contributed by atoms with Crippen molar-refractivity contribution in [3.8, 4) is 0 Å². The Bertz CT molecular complexity index is 478. The zero-order valence-electron chi connectivity index (χ0n) is 8.21. The average molecular weight is 260 g/mol. The van der Waals surface area contributed by atoms with Crippen LogP contribution in [0.25, 0.3) is 0 Å². The Morgan fingerprint density at radius 1 is 1.19 bits per heavy atom. The van der Waals surface area contributed by atoms with Gasteiger partial charge in [-0.05, 0) is 17.7 Å². The van der Waals surface area contributed by atoms with Crippen LogP contribution in [0.4, 0.5) is 8.78 Å². The third-order valence-electron chi connectivity index (χ3n) is 2.01. The number of rotatable bonds is 3. The minimum atomic E-state index is -0.566. The predicted octanol–water partition coefficient (Wildman–Crippen LogP) is 3.75. The van der Waals surface area contributed by atoms with Crippen LogP contribution in [0.1, 0.15) is 15.4 Å². The van der Waals surface area contributed by atoms with Crippen molar-refractivity contribution in [3.05, 3.63) is 51.5 Å². The van der Waals surface area contributed by atoms with Gasteiger partial charge < -0.3 is 0 Å². The zero-order valence-corrected chi connectivity index (χ0v) is 9.79. The van der Waals surface area contributed by atoms with Crippen molar-refractivity contribution in [2.75, 3.05) is 0 Å². The van der Waals surface area contributed by atoms with Gasteiger partial charge in [-0.3, -0.25) is 0 Å². The van der Waals surface area contributed by atoms with Gasteiger partial charge in [0.25, 0.3) is 0 Å². The second-order valence-electron chi connectivity index (χ2n) is 3.31. The first kappa shape index (κ1) is 11.5. The Morgan fingerprint density at radius 2 is 1.88 bits per heavy atom. The van der Waals surface area contributed by atoms with Crippen LogP contribution in [-0.2, 0) is 12.3 Å². The van der Waals surface area contributed by atoms with Crippen molar-refractivity contribution in [3.63, 3.8) is 0 Å². The summed E-state index contributed by atoms with van der Waals surface area (Å²) in [7, 11) is 0. The second kappa shape index (κ2) is 4.89. The van der Waals surface area contributed by atoms with Crippen LogP contribution in [0, 0.1) is 11.6 Å². The fourth-order valence-electron chi connectivity index (χ4n) is 1.38. The fourth-order valence-corrected chi connectivity index (χ4v) is 2.42. The lowest BCUT2D eigenvalue weighted by molar-refractivity contribution is 0.580. The molecule has 1 heterocycles. The van der Waals surface area contributed by atoms with Gasteiger partial charge in [-0.15, -0.1) is 22.9 Å². The number of hydrogen-bond acceptors (Lipinski definition) is 2. The maximum absolute atomic E-state index is 12.9. The molecule has 0 aliphatic heterocycles. The van der Waals surface area contributed by atoms with Gasteiger partial charge in [0.05, 0.1) is 10.9 Å². The standard InChI is InChI=1S/C11H8ClF2NS/c12-5-10-6-15-11(16-10)3-7-1-8(13)4-9(14)2-7/h1-2,4,6H,3,5H2. The number of thiazole rings is 1. The third kappa shape index (κ3) is 2.77. The van der Waals surface area contributed by atoms with E-state index in [9.17, 15) is 8.78 Å². The molecule has 2 aromatic rings. The zero-order chi connectivity index (χ0) is 11.5. The Hall–Kier alpha value is -1.000. The molecule has 0 saturated carbocycles. The summed E-state index contributed by atoms with van der Waals surface area (Å²) in [6.45, 7) is 0. The predicted molar refractivity (Wildman–Crippen MR) is 60.8 cm³/mol. The van der Waals surface area contributed by atoms with Crippen LogP contribution in [-0.4, -0.2) is 4.98 Å². The monoisotopic (exact) mass is 259 g/mol. The molecule has 0 amide bonds. The van der Waals surface area contributed by atoms with Crippen LogP contribution in [0.15, 0.2) is 24.4 Å². The molecule has 16 heavy (non-hydrogen) atoms. The summed E-state index contributed by atoms with van der Waals surface area (Å²) in [5.74, 6) is -0.719. The SMILES string of the molecule is Fc1cc(F)cc(Cc2ncc(CCl)s2)c1. The van der Waals surface area contributed by atoms with Crippen molar-refractivity contribution in [1.82, 2.24) is 4.98 Å². The van der Waals surface area contributed by atoms with E-state index in [2.05, 4.69) is 4.98 Å². The molecule has 1 aromatic carbocycles. The van der Waals surface area contributed by atoms with E-state index >= 15 is 0 Å². The van der Waals surface area contributed by atoms with Crippen molar-refractivity contribution >= 4 is 22.9 Å². The first-order valence-corrected chi connectivity index (χ1v) is 5.97. The van der Waals surface area contributed by atoms with E-state index in [1.807, 2.05) is 0 Å². The molecule has 0 spiro atoms. The largest absolute Gasteiger partial charge is 0.249 e. The summed E-state index contributed by atoms with van der Waals surface area (Å²) in [5, 5.41) is 0.806. The molecule has 0 atom stereocenters. The first-order chi connectivity index (χ1) is 7.67. The van der Waals surface area contributed by atoms with E-state index in [1.54, 1.807) is 6.20 Å². The summed E-state index contributed by atoms with van der Waals surface area (Å²) in [4.78, 5) is 5.08. The maximum atomic E-state index is 12.9. The maximum Gasteiger partial charge on any atom is 0.126 e. The van der Waals surface area contributed by atoms with Crippen molar-refractivity contribution in [2.24, 2.45) is 0 Å². The highest BCUT2D eigenvalue weighted by Crippen LogP contribution is 2.19. The molecule has 0 unspecified atom stereocenters. The van der Waals surface area contributed by atoms with Crippen LogP contribution in [0.2, 0.25) is 0 Å². The Morgan fingerprint density at radius 3 is 2.44 bits per heavy atom. The topological polar surface area (TPSA) is 12.9 Å². The van der Waals surface area contributed by atoms with E-state index in [0.29, 0.717) is 17.9 Å². The first-order valence-electron chi connectivity index (χ1n) is 4.62. The molecule has 0 aliphatic rings. The van der Waals surface area contributed by atoms with Crippen LogP contribution < -0.4 is 0 Å². The molecule has 5 heteroatoms. The Kier molecular flexibility index (Phi) is 3.51. The highest BCUT2D eigenvalue weighted by Gasteiger charge is 2.05.